The first-order valence-electron chi connectivity index (χ1n) is 11.1. The van der Waals surface area contributed by atoms with Crippen LogP contribution in [0.1, 0.15) is 37.6 Å². The fourth-order valence-corrected chi connectivity index (χ4v) is 3.45. The summed E-state index contributed by atoms with van der Waals surface area (Å²) < 4.78 is 13.1. The maximum absolute atomic E-state index is 12.9. The molecule has 1 heterocycles. The van der Waals surface area contributed by atoms with E-state index in [2.05, 4.69) is 20.4 Å². The number of aryl methyl sites for hydroxylation is 1. The van der Waals surface area contributed by atoms with Gasteiger partial charge in [0, 0.05) is 29.2 Å². The number of fused-ring (bicyclic) bond motifs is 1. The number of para-hydroxylation sites is 1. The lowest BCUT2D eigenvalue weighted by molar-refractivity contribution is -0.124. The Kier molecular flexibility index (Phi) is 8.07. The number of hydrogen-bond acceptors (Lipinski definition) is 5. The monoisotopic (exact) mass is 464 g/mol. The fraction of sp³-hybridized carbons (Fsp3) is 0.346. The molecule has 8 nitrogen and oxygen atoms in total. The summed E-state index contributed by atoms with van der Waals surface area (Å²) in [6.07, 6.45) is 0.912. The van der Waals surface area contributed by atoms with Crippen molar-refractivity contribution in [2.45, 2.75) is 45.9 Å². The zero-order valence-corrected chi connectivity index (χ0v) is 20.3. The SMILES string of the molecule is Cc1c(/C=N\NC(=O)[C@H](COCc2ccccc2)NC(=O)OC(C)(C)C)c2ccccc2n1C. The number of rotatable bonds is 8. The molecule has 0 saturated heterocycles. The molecule has 180 valence electrons. The maximum atomic E-state index is 12.9. The van der Waals surface area contributed by atoms with Crippen molar-refractivity contribution in [1.29, 1.82) is 0 Å². The summed E-state index contributed by atoms with van der Waals surface area (Å²) in [7, 11) is 1.98. The van der Waals surface area contributed by atoms with Gasteiger partial charge in [0.2, 0.25) is 0 Å². The first-order chi connectivity index (χ1) is 16.2. The van der Waals surface area contributed by atoms with Gasteiger partial charge in [0.25, 0.3) is 5.91 Å². The Bertz CT molecular complexity index is 1160. The molecule has 0 aliphatic heterocycles. The second-order valence-corrected chi connectivity index (χ2v) is 9.01. The third kappa shape index (κ3) is 6.68. The van der Waals surface area contributed by atoms with Crippen LogP contribution < -0.4 is 10.7 Å². The molecule has 0 spiro atoms. The van der Waals surface area contributed by atoms with E-state index in [4.69, 9.17) is 9.47 Å². The number of hydrogen-bond donors (Lipinski definition) is 2. The number of nitrogens with one attached hydrogen (secondary N) is 2. The van der Waals surface area contributed by atoms with Crippen LogP contribution in [0.25, 0.3) is 10.9 Å². The standard InChI is InChI=1S/C26H32N4O4/c1-18-21(20-13-9-10-14-23(20)30(18)5)15-27-29-24(31)22(28-25(32)34-26(2,3)4)17-33-16-19-11-7-6-8-12-19/h6-15,22H,16-17H2,1-5H3,(H,28,32)(H,29,31)/b27-15-/t22-/m0/s1. The molecule has 2 N–H and O–H groups in total. The van der Waals surface area contributed by atoms with E-state index in [9.17, 15) is 9.59 Å². The van der Waals surface area contributed by atoms with Crippen LogP contribution in [0, 0.1) is 6.92 Å². The Labute approximate surface area is 199 Å². The molecule has 3 aromatic rings. The molecule has 8 heteroatoms. The van der Waals surface area contributed by atoms with E-state index in [1.165, 1.54) is 0 Å². The van der Waals surface area contributed by atoms with E-state index in [-0.39, 0.29) is 6.61 Å². The number of hydrazone groups is 1. The molecule has 0 radical (unpaired) electrons. The van der Waals surface area contributed by atoms with E-state index in [1.807, 2.05) is 68.6 Å². The summed E-state index contributed by atoms with van der Waals surface area (Å²) in [4.78, 5) is 25.1. The van der Waals surface area contributed by atoms with Crippen LogP contribution in [0.5, 0.6) is 0 Å². The van der Waals surface area contributed by atoms with Crippen LogP contribution in [-0.2, 0) is 27.9 Å². The molecule has 1 aromatic heterocycles. The molecule has 0 bridgehead atoms. The molecule has 0 aliphatic rings. The number of nitrogens with zero attached hydrogens (tertiary/aromatic N) is 2. The Morgan fingerprint density at radius 1 is 1.09 bits per heavy atom. The fourth-order valence-electron chi connectivity index (χ4n) is 3.45. The van der Waals surface area contributed by atoms with Crippen LogP contribution in [-0.4, -0.2) is 41.0 Å². The van der Waals surface area contributed by atoms with Gasteiger partial charge in [-0.15, -0.1) is 0 Å². The van der Waals surface area contributed by atoms with Gasteiger partial charge < -0.3 is 19.4 Å². The lowest BCUT2D eigenvalue weighted by atomic mass is 10.1. The van der Waals surface area contributed by atoms with Crippen molar-refractivity contribution in [3.63, 3.8) is 0 Å². The highest BCUT2D eigenvalue weighted by atomic mass is 16.6. The van der Waals surface area contributed by atoms with Crippen molar-refractivity contribution in [2.24, 2.45) is 12.1 Å². The Balaban J connectivity index is 1.68. The third-order valence-corrected chi connectivity index (χ3v) is 5.22. The number of aromatic nitrogens is 1. The molecule has 2 aromatic carbocycles. The minimum Gasteiger partial charge on any atom is -0.444 e. The van der Waals surface area contributed by atoms with Crippen molar-refractivity contribution in [3.8, 4) is 0 Å². The molecule has 3 rings (SSSR count). The number of carbonyl (C=O) groups is 2. The van der Waals surface area contributed by atoms with Gasteiger partial charge in [-0.25, -0.2) is 10.2 Å². The molecule has 34 heavy (non-hydrogen) atoms. The minimum absolute atomic E-state index is 0.0389. The second-order valence-electron chi connectivity index (χ2n) is 9.01. The van der Waals surface area contributed by atoms with Gasteiger partial charge in [-0.1, -0.05) is 48.5 Å². The molecule has 0 aliphatic carbocycles. The van der Waals surface area contributed by atoms with Gasteiger partial charge in [-0.3, -0.25) is 4.79 Å². The highest BCUT2D eigenvalue weighted by Gasteiger charge is 2.24. The predicted octanol–water partition coefficient (Wildman–Crippen LogP) is 4.05. The number of alkyl carbamates (subject to hydrolysis) is 1. The Morgan fingerprint density at radius 3 is 2.47 bits per heavy atom. The third-order valence-electron chi connectivity index (χ3n) is 5.22. The van der Waals surface area contributed by atoms with Crippen molar-refractivity contribution in [3.05, 3.63) is 71.4 Å². The zero-order valence-electron chi connectivity index (χ0n) is 20.3. The Morgan fingerprint density at radius 2 is 1.76 bits per heavy atom. The summed E-state index contributed by atoms with van der Waals surface area (Å²) in [6.45, 7) is 7.52. The van der Waals surface area contributed by atoms with Gasteiger partial charge in [-0.2, -0.15) is 5.10 Å². The van der Waals surface area contributed by atoms with Crippen molar-refractivity contribution < 1.29 is 19.1 Å². The first-order valence-corrected chi connectivity index (χ1v) is 11.1. The number of benzene rings is 2. The average Bonchev–Trinajstić information content (AvgIpc) is 3.03. The van der Waals surface area contributed by atoms with E-state index in [1.54, 1.807) is 27.0 Å². The van der Waals surface area contributed by atoms with E-state index in [0.717, 1.165) is 27.7 Å². The summed E-state index contributed by atoms with van der Waals surface area (Å²) in [5.41, 5.74) is 5.80. The second kappa shape index (κ2) is 11.0. The molecule has 0 saturated carbocycles. The normalized spacial score (nSPS) is 12.6. The number of amides is 2. The number of carbonyl (C=O) groups excluding carboxylic acids is 2. The highest BCUT2D eigenvalue weighted by molar-refractivity contribution is 6.01. The summed E-state index contributed by atoms with van der Waals surface area (Å²) in [5.74, 6) is -0.506. The molecule has 0 fully saturated rings. The first kappa shape index (κ1) is 25.0. The topological polar surface area (TPSA) is 93.9 Å². The summed E-state index contributed by atoms with van der Waals surface area (Å²) in [6, 6.07) is 16.6. The Hall–Kier alpha value is -3.65. The van der Waals surface area contributed by atoms with Gasteiger partial charge in [0.05, 0.1) is 19.4 Å². The van der Waals surface area contributed by atoms with Crippen LogP contribution >= 0.6 is 0 Å². The van der Waals surface area contributed by atoms with Gasteiger partial charge in [0.15, 0.2) is 0 Å². The molecule has 1 atom stereocenters. The van der Waals surface area contributed by atoms with Gasteiger partial charge in [-0.05, 0) is 39.3 Å². The largest absolute Gasteiger partial charge is 0.444 e. The maximum Gasteiger partial charge on any atom is 0.408 e. The van der Waals surface area contributed by atoms with E-state index >= 15 is 0 Å². The lowest BCUT2D eigenvalue weighted by Gasteiger charge is -2.22. The minimum atomic E-state index is -0.982. The average molecular weight is 465 g/mol. The lowest BCUT2D eigenvalue weighted by Crippen LogP contribution is -2.49. The smallest absolute Gasteiger partial charge is 0.408 e. The molecule has 2 amide bonds. The van der Waals surface area contributed by atoms with Gasteiger partial charge >= 0.3 is 6.09 Å². The molecular formula is C26H32N4O4. The van der Waals surface area contributed by atoms with Crippen LogP contribution in [0.2, 0.25) is 0 Å². The quantitative estimate of drug-likeness (QED) is 0.389. The predicted molar refractivity (Wildman–Crippen MR) is 133 cm³/mol. The zero-order chi connectivity index (χ0) is 24.7. The van der Waals surface area contributed by atoms with E-state index in [0.29, 0.717) is 6.61 Å². The van der Waals surface area contributed by atoms with Crippen molar-refractivity contribution in [2.75, 3.05) is 6.61 Å². The van der Waals surface area contributed by atoms with Crippen molar-refractivity contribution in [1.82, 2.24) is 15.3 Å². The van der Waals surface area contributed by atoms with Gasteiger partial charge in [0.1, 0.15) is 11.6 Å². The van der Waals surface area contributed by atoms with Crippen LogP contribution in [0.15, 0.2) is 59.7 Å². The number of ether oxygens (including phenoxy) is 2. The summed E-state index contributed by atoms with van der Waals surface area (Å²) in [5, 5.41) is 7.76. The molecular weight excluding hydrogens is 432 g/mol. The molecule has 0 unspecified atom stereocenters. The highest BCUT2D eigenvalue weighted by Crippen LogP contribution is 2.23. The van der Waals surface area contributed by atoms with Crippen molar-refractivity contribution >= 4 is 29.1 Å². The van der Waals surface area contributed by atoms with E-state index < -0.39 is 23.6 Å². The van der Waals surface area contributed by atoms with Crippen LogP contribution in [0.4, 0.5) is 4.79 Å². The summed E-state index contributed by atoms with van der Waals surface area (Å²) >= 11 is 0. The van der Waals surface area contributed by atoms with Crippen LogP contribution in [0.3, 0.4) is 0 Å².